The highest BCUT2D eigenvalue weighted by atomic mass is 16.5. The maximum atomic E-state index is 10.8. The van der Waals surface area contributed by atoms with Gasteiger partial charge in [0.15, 0.2) is 0 Å². The second kappa shape index (κ2) is 7.92. The Morgan fingerprint density at radius 3 is 2.62 bits per heavy atom. The average molecular weight is 353 g/mol. The lowest BCUT2D eigenvalue weighted by atomic mass is 9.92. The fourth-order valence-corrected chi connectivity index (χ4v) is 3.83. The minimum Gasteiger partial charge on any atom is -0.493 e. The van der Waals surface area contributed by atoms with E-state index in [-0.39, 0.29) is 18.4 Å². The summed E-state index contributed by atoms with van der Waals surface area (Å²) in [4.78, 5) is 10.8. The summed E-state index contributed by atoms with van der Waals surface area (Å²) in [7, 11) is 0. The topological polar surface area (TPSA) is 72.6 Å². The summed E-state index contributed by atoms with van der Waals surface area (Å²) in [5.74, 6) is 0.467. The molecule has 1 aliphatic heterocycles. The van der Waals surface area contributed by atoms with Crippen LogP contribution < -0.4 is 10.5 Å². The largest absolute Gasteiger partial charge is 0.493 e. The number of carbonyl (C=O) groups is 1. The number of hydrogen-bond donors (Lipinski definition) is 2. The van der Waals surface area contributed by atoms with Crippen molar-refractivity contribution in [3.05, 3.63) is 64.2 Å². The number of nitrogens with two attached hydrogens (primary N) is 1. The summed E-state index contributed by atoms with van der Waals surface area (Å²) in [5.41, 5.74) is 12.0. The normalized spacial score (nSPS) is 18.2. The van der Waals surface area contributed by atoms with Gasteiger partial charge in [0.1, 0.15) is 5.75 Å². The van der Waals surface area contributed by atoms with Gasteiger partial charge < -0.3 is 15.6 Å². The van der Waals surface area contributed by atoms with Gasteiger partial charge in [-0.25, -0.2) is 0 Å². The molecule has 0 bridgehead atoms. The Morgan fingerprint density at radius 2 is 1.96 bits per heavy atom. The molecule has 2 atom stereocenters. The van der Waals surface area contributed by atoms with Gasteiger partial charge in [-0.3, -0.25) is 4.79 Å². The van der Waals surface area contributed by atoms with E-state index in [2.05, 4.69) is 37.3 Å². The van der Waals surface area contributed by atoms with Gasteiger partial charge in [-0.2, -0.15) is 0 Å². The summed E-state index contributed by atoms with van der Waals surface area (Å²) < 4.78 is 5.53. The van der Waals surface area contributed by atoms with Gasteiger partial charge in [-0.05, 0) is 55.4 Å². The third-order valence-electron chi connectivity index (χ3n) is 5.21. The van der Waals surface area contributed by atoms with Crippen LogP contribution in [-0.4, -0.2) is 17.7 Å². The van der Waals surface area contributed by atoms with Gasteiger partial charge in [0.25, 0.3) is 0 Å². The van der Waals surface area contributed by atoms with Gasteiger partial charge in [-0.1, -0.05) is 35.9 Å². The molecule has 4 rings (SSSR count). The Balaban J connectivity index is 0.000000170. The van der Waals surface area contributed by atoms with E-state index in [4.69, 9.17) is 15.6 Å². The van der Waals surface area contributed by atoms with Crippen molar-refractivity contribution in [1.82, 2.24) is 0 Å². The Kier molecular flexibility index (Phi) is 5.62. The Labute approximate surface area is 155 Å². The maximum Gasteiger partial charge on any atom is 0.303 e. The molecule has 0 spiro atoms. The summed E-state index contributed by atoms with van der Waals surface area (Å²) in [5, 5.41) is 8.92. The van der Waals surface area contributed by atoms with Crippen LogP contribution in [0.1, 0.15) is 59.5 Å². The summed E-state index contributed by atoms with van der Waals surface area (Å²) >= 11 is 0. The Bertz CT molecular complexity index is 781. The van der Waals surface area contributed by atoms with E-state index in [0.717, 1.165) is 31.6 Å². The van der Waals surface area contributed by atoms with Crippen molar-refractivity contribution in [2.45, 2.75) is 51.5 Å². The molecule has 4 nitrogen and oxygen atoms in total. The second-order valence-electron chi connectivity index (χ2n) is 7.25. The zero-order valence-corrected chi connectivity index (χ0v) is 15.5. The quantitative estimate of drug-likeness (QED) is 0.870. The van der Waals surface area contributed by atoms with Gasteiger partial charge >= 0.3 is 5.97 Å². The number of carboxylic acid groups (broad SMARTS) is 1. The van der Waals surface area contributed by atoms with Gasteiger partial charge in [-0.15, -0.1) is 0 Å². The fourth-order valence-electron chi connectivity index (χ4n) is 3.83. The third kappa shape index (κ3) is 4.07. The number of benzene rings is 2. The summed E-state index contributed by atoms with van der Waals surface area (Å²) in [6.45, 7) is 4.81. The van der Waals surface area contributed by atoms with Crippen molar-refractivity contribution < 1.29 is 14.6 Å². The standard InChI is InChI=1S/C13H14O3.C9H13N/c14-12(15)7-9-2-1-8-3-4-11-10(13(8)9)5-6-16-11;1-7-3-5-9(6-4-7)8(2)10/h3-4,9H,1-2,5-7H2,(H,14,15);3-6,8H,10H2,1-2H3/t9-;8-/m00/s1. The van der Waals surface area contributed by atoms with Crippen LogP contribution in [0.5, 0.6) is 5.75 Å². The molecule has 0 saturated heterocycles. The predicted octanol–water partition coefficient (Wildman–Crippen LogP) is 4.14. The number of aryl methyl sites for hydroxylation is 2. The monoisotopic (exact) mass is 353 g/mol. The summed E-state index contributed by atoms with van der Waals surface area (Å²) in [6, 6.07) is 12.6. The number of rotatable bonds is 3. The van der Waals surface area contributed by atoms with E-state index in [0.29, 0.717) is 0 Å². The SMILES string of the molecule is Cc1ccc([C@H](C)N)cc1.O=C(O)C[C@@H]1CCc2ccc3c(c21)CCO3. The first-order valence-electron chi connectivity index (χ1n) is 9.27. The zero-order chi connectivity index (χ0) is 18.7. The van der Waals surface area contributed by atoms with Crippen LogP contribution in [0.25, 0.3) is 0 Å². The van der Waals surface area contributed by atoms with Crippen molar-refractivity contribution in [2.24, 2.45) is 5.73 Å². The zero-order valence-electron chi connectivity index (χ0n) is 15.5. The van der Waals surface area contributed by atoms with Crippen molar-refractivity contribution >= 4 is 5.97 Å². The number of aliphatic carboxylic acids is 1. The van der Waals surface area contributed by atoms with Crippen molar-refractivity contribution in [2.75, 3.05) is 6.61 Å². The number of hydrogen-bond acceptors (Lipinski definition) is 3. The first-order valence-corrected chi connectivity index (χ1v) is 9.27. The van der Waals surface area contributed by atoms with Gasteiger partial charge in [0, 0.05) is 18.0 Å². The molecule has 4 heteroatoms. The molecule has 1 heterocycles. The van der Waals surface area contributed by atoms with Crippen LogP contribution in [0, 0.1) is 6.92 Å². The van der Waals surface area contributed by atoms with E-state index in [1.54, 1.807) is 0 Å². The second-order valence-corrected chi connectivity index (χ2v) is 7.25. The van der Waals surface area contributed by atoms with Crippen LogP contribution in [0.3, 0.4) is 0 Å². The van der Waals surface area contributed by atoms with E-state index in [1.165, 1.54) is 27.8 Å². The number of fused-ring (bicyclic) bond motifs is 3. The lowest BCUT2D eigenvalue weighted by molar-refractivity contribution is -0.137. The Morgan fingerprint density at radius 1 is 1.23 bits per heavy atom. The molecule has 0 radical (unpaired) electrons. The number of ether oxygens (including phenoxy) is 1. The highest BCUT2D eigenvalue weighted by Gasteiger charge is 2.30. The summed E-state index contributed by atoms with van der Waals surface area (Å²) in [6.07, 6.45) is 3.18. The van der Waals surface area contributed by atoms with E-state index >= 15 is 0 Å². The molecule has 3 N–H and O–H groups in total. The molecule has 0 aromatic heterocycles. The van der Waals surface area contributed by atoms with E-state index < -0.39 is 5.97 Å². The van der Waals surface area contributed by atoms with Crippen LogP contribution in [-0.2, 0) is 17.6 Å². The smallest absolute Gasteiger partial charge is 0.303 e. The molecule has 138 valence electrons. The Hall–Kier alpha value is -2.33. The average Bonchev–Trinajstić information content (AvgIpc) is 3.21. The third-order valence-corrected chi connectivity index (χ3v) is 5.21. The lowest BCUT2D eigenvalue weighted by Crippen LogP contribution is -2.05. The maximum absolute atomic E-state index is 10.8. The molecule has 26 heavy (non-hydrogen) atoms. The van der Waals surface area contributed by atoms with Crippen molar-refractivity contribution in [3.8, 4) is 5.75 Å². The number of carboxylic acids is 1. The van der Waals surface area contributed by atoms with Crippen molar-refractivity contribution in [3.63, 3.8) is 0 Å². The minimum atomic E-state index is -0.700. The first kappa shape index (κ1) is 18.5. The van der Waals surface area contributed by atoms with E-state index in [9.17, 15) is 4.79 Å². The van der Waals surface area contributed by atoms with Crippen LogP contribution in [0.15, 0.2) is 36.4 Å². The molecule has 1 aliphatic carbocycles. The molecule has 0 unspecified atom stereocenters. The molecule has 0 fully saturated rings. The van der Waals surface area contributed by atoms with Crippen molar-refractivity contribution in [1.29, 1.82) is 0 Å². The molecular weight excluding hydrogens is 326 g/mol. The first-order chi connectivity index (χ1) is 12.5. The highest BCUT2D eigenvalue weighted by molar-refractivity contribution is 5.69. The molecule has 2 aliphatic rings. The van der Waals surface area contributed by atoms with Crippen LogP contribution in [0.4, 0.5) is 0 Å². The molecule has 0 saturated carbocycles. The predicted molar refractivity (Wildman–Crippen MR) is 103 cm³/mol. The van der Waals surface area contributed by atoms with Crippen LogP contribution in [0.2, 0.25) is 0 Å². The van der Waals surface area contributed by atoms with E-state index in [1.807, 2.05) is 13.0 Å². The molecule has 2 aromatic rings. The fraction of sp³-hybridized carbons (Fsp3) is 0.409. The van der Waals surface area contributed by atoms with Crippen LogP contribution >= 0.6 is 0 Å². The lowest BCUT2D eigenvalue weighted by Gasteiger charge is -2.12. The highest BCUT2D eigenvalue weighted by Crippen LogP contribution is 2.43. The van der Waals surface area contributed by atoms with Gasteiger partial charge in [0.2, 0.25) is 0 Å². The molecule has 0 amide bonds. The minimum absolute atomic E-state index is 0.153. The van der Waals surface area contributed by atoms with Gasteiger partial charge in [0.05, 0.1) is 13.0 Å². The molecule has 2 aromatic carbocycles. The molecular formula is C22H27NO3.